The molecular formula is C14H28N2O. The van der Waals surface area contributed by atoms with Crippen LogP contribution in [0, 0.1) is 17.3 Å². The molecule has 1 aliphatic rings. The summed E-state index contributed by atoms with van der Waals surface area (Å²) in [6.45, 7) is 8.80. The van der Waals surface area contributed by atoms with Gasteiger partial charge in [-0.05, 0) is 51.4 Å². The van der Waals surface area contributed by atoms with Crippen LogP contribution >= 0.6 is 0 Å². The molecule has 0 aromatic rings. The smallest absolute Gasteiger partial charge is 0.227 e. The van der Waals surface area contributed by atoms with Gasteiger partial charge >= 0.3 is 0 Å². The van der Waals surface area contributed by atoms with Gasteiger partial charge in [0.05, 0.1) is 5.41 Å². The Hall–Kier alpha value is -0.570. The predicted molar refractivity (Wildman–Crippen MR) is 71.6 cm³/mol. The van der Waals surface area contributed by atoms with Gasteiger partial charge in [0.2, 0.25) is 5.91 Å². The summed E-state index contributed by atoms with van der Waals surface area (Å²) in [5.74, 6) is 1.71. The van der Waals surface area contributed by atoms with Crippen LogP contribution < -0.4 is 11.1 Å². The average molecular weight is 240 g/mol. The molecule has 0 atom stereocenters. The van der Waals surface area contributed by atoms with Crippen LogP contribution in [0.5, 0.6) is 0 Å². The van der Waals surface area contributed by atoms with E-state index < -0.39 is 5.41 Å². The number of nitrogens with two attached hydrogens (primary N) is 1. The highest BCUT2D eigenvalue weighted by atomic mass is 16.2. The van der Waals surface area contributed by atoms with Gasteiger partial charge in [-0.15, -0.1) is 0 Å². The Bertz CT molecular complexity index is 253. The maximum atomic E-state index is 12.0. The number of amides is 1. The summed E-state index contributed by atoms with van der Waals surface area (Å²) in [5, 5.41) is 3.15. The Labute approximate surface area is 106 Å². The summed E-state index contributed by atoms with van der Waals surface area (Å²) >= 11 is 0. The van der Waals surface area contributed by atoms with Gasteiger partial charge in [-0.2, -0.15) is 0 Å². The first-order valence-electron chi connectivity index (χ1n) is 6.88. The third-order valence-corrected chi connectivity index (χ3v) is 4.17. The van der Waals surface area contributed by atoms with Gasteiger partial charge in [0.15, 0.2) is 0 Å². The highest BCUT2D eigenvalue weighted by Crippen LogP contribution is 2.30. The molecule has 1 fully saturated rings. The zero-order valence-corrected chi connectivity index (χ0v) is 11.8. The van der Waals surface area contributed by atoms with Crippen molar-refractivity contribution in [3.63, 3.8) is 0 Å². The fourth-order valence-corrected chi connectivity index (χ4v) is 2.40. The van der Waals surface area contributed by atoms with Crippen LogP contribution in [0.4, 0.5) is 0 Å². The molecular weight excluding hydrogens is 212 g/mol. The van der Waals surface area contributed by atoms with E-state index in [4.69, 9.17) is 5.73 Å². The minimum Gasteiger partial charge on any atom is -0.353 e. The normalized spacial score (nSPS) is 26.0. The van der Waals surface area contributed by atoms with Crippen molar-refractivity contribution in [3.05, 3.63) is 0 Å². The Morgan fingerprint density at radius 3 is 2.24 bits per heavy atom. The largest absolute Gasteiger partial charge is 0.353 e. The van der Waals surface area contributed by atoms with Crippen molar-refractivity contribution >= 4 is 5.91 Å². The second kappa shape index (κ2) is 5.85. The van der Waals surface area contributed by atoms with Gasteiger partial charge in [-0.25, -0.2) is 0 Å². The van der Waals surface area contributed by atoms with Crippen LogP contribution in [0.15, 0.2) is 0 Å². The quantitative estimate of drug-likeness (QED) is 0.792. The molecule has 0 aliphatic heterocycles. The highest BCUT2D eigenvalue weighted by molar-refractivity contribution is 5.82. The first-order valence-corrected chi connectivity index (χ1v) is 6.88. The minimum atomic E-state index is -0.436. The van der Waals surface area contributed by atoms with Crippen LogP contribution in [0.3, 0.4) is 0 Å². The first-order chi connectivity index (χ1) is 7.86. The predicted octanol–water partition coefficient (Wildman–Crippen LogP) is 2.30. The molecule has 0 aromatic carbocycles. The molecule has 3 nitrogen and oxygen atoms in total. The summed E-state index contributed by atoms with van der Waals surface area (Å²) in [6, 6.07) is 0.364. The lowest BCUT2D eigenvalue weighted by atomic mass is 9.79. The van der Waals surface area contributed by atoms with Crippen molar-refractivity contribution in [1.29, 1.82) is 0 Å². The van der Waals surface area contributed by atoms with Crippen molar-refractivity contribution in [2.75, 3.05) is 6.54 Å². The molecule has 0 unspecified atom stereocenters. The zero-order valence-electron chi connectivity index (χ0n) is 11.8. The summed E-state index contributed by atoms with van der Waals surface area (Å²) in [5.41, 5.74) is 5.18. The molecule has 0 radical (unpaired) electrons. The van der Waals surface area contributed by atoms with Gasteiger partial charge in [-0.3, -0.25) is 4.79 Å². The molecule has 0 spiro atoms. The van der Waals surface area contributed by atoms with Crippen molar-refractivity contribution < 1.29 is 4.79 Å². The fraction of sp³-hybridized carbons (Fsp3) is 0.929. The number of carbonyl (C=O) groups is 1. The molecule has 17 heavy (non-hydrogen) atoms. The van der Waals surface area contributed by atoms with Crippen LogP contribution in [0.1, 0.15) is 53.4 Å². The molecule has 0 saturated heterocycles. The molecule has 0 aromatic heterocycles. The maximum absolute atomic E-state index is 12.0. The van der Waals surface area contributed by atoms with Gasteiger partial charge in [-0.1, -0.05) is 13.8 Å². The zero-order chi connectivity index (χ0) is 13.1. The van der Waals surface area contributed by atoms with Crippen molar-refractivity contribution in [1.82, 2.24) is 5.32 Å². The fourth-order valence-electron chi connectivity index (χ4n) is 2.40. The molecule has 1 saturated carbocycles. The van der Waals surface area contributed by atoms with Crippen LogP contribution in [-0.2, 0) is 4.79 Å². The van der Waals surface area contributed by atoms with Crippen molar-refractivity contribution in [2.45, 2.75) is 59.4 Å². The topological polar surface area (TPSA) is 55.1 Å². The van der Waals surface area contributed by atoms with Crippen molar-refractivity contribution in [3.8, 4) is 0 Å². The number of carbonyl (C=O) groups excluding carboxylic acids is 1. The number of hydrogen-bond acceptors (Lipinski definition) is 2. The highest BCUT2D eigenvalue weighted by Gasteiger charge is 2.30. The van der Waals surface area contributed by atoms with E-state index in [1.165, 1.54) is 12.8 Å². The molecule has 0 bridgehead atoms. The lowest BCUT2D eigenvalue weighted by Crippen LogP contribution is -2.47. The second-order valence-electron chi connectivity index (χ2n) is 6.42. The second-order valence-corrected chi connectivity index (χ2v) is 6.42. The molecule has 1 rings (SSSR count). The van der Waals surface area contributed by atoms with E-state index in [-0.39, 0.29) is 5.91 Å². The Morgan fingerprint density at radius 1 is 1.29 bits per heavy atom. The van der Waals surface area contributed by atoms with E-state index >= 15 is 0 Å². The van der Waals surface area contributed by atoms with Gasteiger partial charge in [0.25, 0.3) is 0 Å². The van der Waals surface area contributed by atoms with E-state index in [0.717, 1.165) is 24.7 Å². The lowest BCUT2D eigenvalue weighted by Gasteiger charge is -2.33. The third kappa shape index (κ3) is 3.98. The maximum Gasteiger partial charge on any atom is 0.227 e. The van der Waals surface area contributed by atoms with Crippen LogP contribution in [0.25, 0.3) is 0 Å². The Morgan fingerprint density at radius 2 is 1.82 bits per heavy atom. The molecule has 1 amide bonds. The van der Waals surface area contributed by atoms with E-state index in [1.807, 2.05) is 13.8 Å². The molecule has 1 aliphatic carbocycles. The van der Waals surface area contributed by atoms with Gasteiger partial charge in [0, 0.05) is 12.6 Å². The van der Waals surface area contributed by atoms with E-state index in [1.54, 1.807) is 0 Å². The summed E-state index contributed by atoms with van der Waals surface area (Å²) < 4.78 is 0. The Balaban J connectivity index is 2.38. The molecule has 3 heteroatoms. The molecule has 3 N–H and O–H groups in total. The number of nitrogens with one attached hydrogen (secondary N) is 1. The summed E-state index contributed by atoms with van der Waals surface area (Å²) in [7, 11) is 0. The third-order valence-electron chi connectivity index (χ3n) is 4.17. The minimum absolute atomic E-state index is 0.105. The summed E-state index contributed by atoms with van der Waals surface area (Å²) in [6.07, 6.45) is 4.72. The van der Waals surface area contributed by atoms with E-state index in [0.29, 0.717) is 12.6 Å². The lowest BCUT2D eigenvalue weighted by molar-refractivity contribution is -0.129. The SMILES string of the molecule is CC(C)C1CCC(NC(=O)C(C)(C)CN)CC1. The number of hydrogen-bond donors (Lipinski definition) is 2. The van der Waals surface area contributed by atoms with Gasteiger partial charge in [0.1, 0.15) is 0 Å². The van der Waals surface area contributed by atoms with E-state index in [9.17, 15) is 4.79 Å². The van der Waals surface area contributed by atoms with E-state index in [2.05, 4.69) is 19.2 Å². The number of rotatable bonds is 4. The first kappa shape index (κ1) is 14.5. The standard InChI is InChI=1S/C14H28N2O/c1-10(2)11-5-7-12(8-6-11)16-13(17)14(3,4)9-15/h10-12H,5-9,15H2,1-4H3,(H,16,17). The van der Waals surface area contributed by atoms with Crippen LogP contribution in [-0.4, -0.2) is 18.5 Å². The van der Waals surface area contributed by atoms with Crippen molar-refractivity contribution in [2.24, 2.45) is 23.0 Å². The average Bonchev–Trinajstić information content (AvgIpc) is 2.29. The van der Waals surface area contributed by atoms with Gasteiger partial charge < -0.3 is 11.1 Å². The van der Waals surface area contributed by atoms with Crippen LogP contribution in [0.2, 0.25) is 0 Å². The molecule has 0 heterocycles. The Kier molecular flexibility index (Phi) is 4.99. The summed E-state index contributed by atoms with van der Waals surface area (Å²) in [4.78, 5) is 12.0. The molecule has 100 valence electrons. The monoisotopic (exact) mass is 240 g/mol.